The summed E-state index contributed by atoms with van der Waals surface area (Å²) >= 11 is 0. The first-order valence-electron chi connectivity index (χ1n) is 17.2. The van der Waals surface area contributed by atoms with E-state index in [2.05, 4.69) is 158 Å². The van der Waals surface area contributed by atoms with Gasteiger partial charge in [0.05, 0.1) is 16.6 Å². The molecule has 2 nitrogen and oxygen atoms in total. The topological polar surface area (TPSA) is 25.8 Å². The van der Waals surface area contributed by atoms with Gasteiger partial charge in [0.25, 0.3) is 0 Å². The quantitative estimate of drug-likeness (QED) is 0.140. The minimum Gasteiger partial charge on any atom is -0.254 e. The van der Waals surface area contributed by atoms with E-state index in [1.54, 1.807) is 0 Å². The molecular weight excluding hydrogens is 605 g/mol. The average molecular weight is 633 g/mol. The monoisotopic (exact) mass is 632 g/mol. The van der Waals surface area contributed by atoms with Gasteiger partial charge < -0.3 is 0 Å². The number of hydrogen-bond acceptors (Lipinski definition) is 2. The van der Waals surface area contributed by atoms with Gasteiger partial charge in [0.15, 0.2) is 0 Å². The lowest BCUT2D eigenvalue weighted by Gasteiger charge is -2.20. The smallest absolute Gasteiger partial charge is 0.0978 e. The number of hydrogen-bond donors (Lipinski definition) is 0. The Morgan fingerprint density at radius 3 is 1.42 bits per heavy atom. The Bertz CT molecular complexity index is 3120. The second-order valence-corrected chi connectivity index (χ2v) is 13.2. The maximum Gasteiger partial charge on any atom is 0.0978 e. The standard InChI is InChI=1S/C48H28N2/c1-2-15-33-31(13-1)32-14-3-4-16-34(32)42-28-30(24-25-35(33)42)44-36-17-5-7-19-38(36)45(39-20-8-6-18-37(39)44)46-40-21-9-10-22-43(40)50-48-41(46)26-23-29-12-11-27-49-47(29)48/h1-28H. The molecule has 11 rings (SSSR count). The molecule has 0 N–H and O–H groups in total. The largest absolute Gasteiger partial charge is 0.254 e. The molecule has 2 aromatic heterocycles. The SMILES string of the molecule is c1cnc2c(c1)ccc1c(-c3c4ccccc4c(-c4ccc5c6ccccc6c6ccccc6c5c4)c4ccccc34)c3ccccc3nc12. The predicted molar refractivity (Wildman–Crippen MR) is 213 cm³/mol. The Kier molecular flexibility index (Phi) is 5.70. The van der Waals surface area contributed by atoms with Crippen LogP contribution in [0.2, 0.25) is 0 Å². The molecule has 0 fully saturated rings. The second-order valence-electron chi connectivity index (χ2n) is 13.2. The highest BCUT2D eigenvalue weighted by atomic mass is 14.7. The van der Waals surface area contributed by atoms with Crippen LogP contribution < -0.4 is 0 Å². The van der Waals surface area contributed by atoms with Gasteiger partial charge in [-0.05, 0) is 88.8 Å². The van der Waals surface area contributed by atoms with Crippen LogP contribution in [0.4, 0.5) is 0 Å². The molecule has 11 aromatic rings. The van der Waals surface area contributed by atoms with Crippen molar-refractivity contribution >= 4 is 86.6 Å². The number of benzene rings is 9. The summed E-state index contributed by atoms with van der Waals surface area (Å²) in [6.45, 7) is 0. The van der Waals surface area contributed by atoms with Crippen molar-refractivity contribution in [3.8, 4) is 22.3 Å². The molecule has 2 heterocycles. The zero-order valence-electron chi connectivity index (χ0n) is 27.1. The van der Waals surface area contributed by atoms with Crippen LogP contribution in [0.1, 0.15) is 0 Å². The first kappa shape index (κ1) is 27.3. The van der Waals surface area contributed by atoms with Crippen molar-refractivity contribution in [2.45, 2.75) is 0 Å². The van der Waals surface area contributed by atoms with E-state index in [-0.39, 0.29) is 0 Å². The normalized spacial score (nSPS) is 12.0. The van der Waals surface area contributed by atoms with Gasteiger partial charge in [-0.1, -0.05) is 146 Å². The van der Waals surface area contributed by atoms with E-state index in [0.29, 0.717) is 0 Å². The molecular formula is C48H28N2. The molecule has 0 aliphatic carbocycles. The third kappa shape index (κ3) is 3.79. The molecule has 0 bridgehead atoms. The molecule has 0 saturated heterocycles. The van der Waals surface area contributed by atoms with Gasteiger partial charge in [0, 0.05) is 27.9 Å². The number of para-hydroxylation sites is 1. The van der Waals surface area contributed by atoms with Crippen LogP contribution in [0.5, 0.6) is 0 Å². The Balaban J connectivity index is 1.30. The summed E-state index contributed by atoms with van der Waals surface area (Å²) in [5.41, 5.74) is 7.74. The Labute approximate surface area is 287 Å². The maximum atomic E-state index is 5.23. The fourth-order valence-electron chi connectivity index (χ4n) is 8.53. The van der Waals surface area contributed by atoms with Crippen LogP contribution >= 0.6 is 0 Å². The van der Waals surface area contributed by atoms with Gasteiger partial charge in [-0.25, -0.2) is 4.98 Å². The first-order valence-corrected chi connectivity index (χ1v) is 17.2. The van der Waals surface area contributed by atoms with Crippen molar-refractivity contribution in [2.75, 3.05) is 0 Å². The third-order valence-corrected chi connectivity index (χ3v) is 10.6. The van der Waals surface area contributed by atoms with E-state index in [1.807, 2.05) is 12.3 Å². The molecule has 230 valence electrons. The van der Waals surface area contributed by atoms with Crippen molar-refractivity contribution in [3.05, 3.63) is 170 Å². The molecule has 0 amide bonds. The highest BCUT2D eigenvalue weighted by Gasteiger charge is 2.22. The first-order chi connectivity index (χ1) is 24.8. The van der Waals surface area contributed by atoms with Crippen LogP contribution in [0.25, 0.3) is 109 Å². The summed E-state index contributed by atoms with van der Waals surface area (Å²) in [5.74, 6) is 0. The summed E-state index contributed by atoms with van der Waals surface area (Å²) in [6.07, 6.45) is 1.87. The van der Waals surface area contributed by atoms with Gasteiger partial charge in [-0.3, -0.25) is 4.98 Å². The zero-order valence-corrected chi connectivity index (χ0v) is 27.1. The Morgan fingerprint density at radius 2 is 0.780 bits per heavy atom. The van der Waals surface area contributed by atoms with Gasteiger partial charge >= 0.3 is 0 Å². The molecule has 0 radical (unpaired) electrons. The van der Waals surface area contributed by atoms with Crippen LogP contribution in [-0.2, 0) is 0 Å². The van der Waals surface area contributed by atoms with E-state index in [1.165, 1.54) is 76.1 Å². The van der Waals surface area contributed by atoms with Gasteiger partial charge in [0.2, 0.25) is 0 Å². The van der Waals surface area contributed by atoms with Crippen molar-refractivity contribution in [3.63, 3.8) is 0 Å². The van der Waals surface area contributed by atoms with E-state index < -0.39 is 0 Å². The van der Waals surface area contributed by atoms with Crippen LogP contribution in [0.3, 0.4) is 0 Å². The predicted octanol–water partition coefficient (Wildman–Crippen LogP) is 13.0. The summed E-state index contributed by atoms with van der Waals surface area (Å²) in [7, 11) is 0. The Morgan fingerprint density at radius 1 is 0.300 bits per heavy atom. The van der Waals surface area contributed by atoms with E-state index in [9.17, 15) is 0 Å². The highest BCUT2D eigenvalue weighted by molar-refractivity contribution is 6.29. The number of rotatable bonds is 2. The summed E-state index contributed by atoms with van der Waals surface area (Å²) < 4.78 is 0. The molecule has 0 aliphatic heterocycles. The summed E-state index contributed by atoms with van der Waals surface area (Å²) in [4.78, 5) is 10.1. The van der Waals surface area contributed by atoms with Gasteiger partial charge in [0.1, 0.15) is 0 Å². The van der Waals surface area contributed by atoms with Crippen molar-refractivity contribution in [1.29, 1.82) is 0 Å². The van der Waals surface area contributed by atoms with Crippen molar-refractivity contribution in [2.24, 2.45) is 0 Å². The number of pyridine rings is 2. The molecule has 0 atom stereocenters. The number of aromatic nitrogens is 2. The zero-order chi connectivity index (χ0) is 32.8. The third-order valence-electron chi connectivity index (χ3n) is 10.6. The van der Waals surface area contributed by atoms with Gasteiger partial charge in [-0.15, -0.1) is 0 Å². The Hall–Kier alpha value is -6.64. The molecule has 0 unspecified atom stereocenters. The lowest BCUT2D eigenvalue weighted by molar-refractivity contribution is 1.40. The van der Waals surface area contributed by atoms with Crippen molar-refractivity contribution in [1.82, 2.24) is 9.97 Å². The van der Waals surface area contributed by atoms with E-state index in [4.69, 9.17) is 9.97 Å². The van der Waals surface area contributed by atoms with Crippen LogP contribution in [0, 0.1) is 0 Å². The lowest BCUT2D eigenvalue weighted by Crippen LogP contribution is -1.95. The van der Waals surface area contributed by atoms with E-state index >= 15 is 0 Å². The molecule has 9 aromatic carbocycles. The molecule has 0 aliphatic rings. The summed E-state index contributed by atoms with van der Waals surface area (Å²) in [5, 5.41) is 16.0. The number of fused-ring (bicyclic) bond motifs is 12. The van der Waals surface area contributed by atoms with Crippen LogP contribution in [0.15, 0.2) is 170 Å². The minimum absolute atomic E-state index is 0.929. The minimum atomic E-state index is 0.929. The highest BCUT2D eigenvalue weighted by Crippen LogP contribution is 2.48. The number of nitrogens with zero attached hydrogens (tertiary/aromatic N) is 2. The summed E-state index contributed by atoms with van der Waals surface area (Å²) in [6, 6.07) is 59.7. The molecule has 0 saturated carbocycles. The average Bonchev–Trinajstić information content (AvgIpc) is 3.19. The molecule has 2 heteroatoms. The molecule has 50 heavy (non-hydrogen) atoms. The van der Waals surface area contributed by atoms with Crippen molar-refractivity contribution < 1.29 is 0 Å². The lowest BCUT2D eigenvalue weighted by atomic mass is 9.83. The van der Waals surface area contributed by atoms with E-state index in [0.717, 1.165) is 32.7 Å². The van der Waals surface area contributed by atoms with Crippen LogP contribution in [-0.4, -0.2) is 9.97 Å². The second kappa shape index (κ2) is 10.4. The fourth-order valence-corrected chi connectivity index (χ4v) is 8.53. The van der Waals surface area contributed by atoms with Gasteiger partial charge in [-0.2, -0.15) is 0 Å². The fraction of sp³-hybridized carbons (Fsp3) is 0. The maximum absolute atomic E-state index is 5.23. The molecule has 0 spiro atoms.